The molecule has 22 heavy (non-hydrogen) atoms. The fourth-order valence-corrected chi connectivity index (χ4v) is 3.32. The Hall–Kier alpha value is -2.40. The van der Waals surface area contributed by atoms with Crippen molar-refractivity contribution in [1.82, 2.24) is 9.78 Å². The summed E-state index contributed by atoms with van der Waals surface area (Å²) in [7, 11) is 0. The van der Waals surface area contributed by atoms with Crippen LogP contribution in [0.3, 0.4) is 0 Å². The Kier molecular flexibility index (Phi) is 3.58. The first-order valence-electron chi connectivity index (χ1n) is 6.94. The molecule has 0 unspecified atom stereocenters. The third-order valence-corrected chi connectivity index (χ3v) is 4.71. The molecule has 112 valence electrons. The topological polar surface area (TPSA) is 55.1 Å². The van der Waals surface area contributed by atoms with Gasteiger partial charge in [-0.25, -0.2) is 9.48 Å². The third kappa shape index (κ3) is 2.23. The molecule has 0 amide bonds. The molecule has 1 aromatic carbocycles. The van der Waals surface area contributed by atoms with Crippen molar-refractivity contribution in [3.63, 3.8) is 0 Å². The Morgan fingerprint density at radius 3 is 2.59 bits per heavy atom. The maximum Gasteiger partial charge on any atom is 0.339 e. The molecule has 3 aromatic rings. The van der Waals surface area contributed by atoms with Crippen molar-refractivity contribution in [3.05, 3.63) is 58.1 Å². The van der Waals surface area contributed by atoms with Gasteiger partial charge in [0.1, 0.15) is 5.56 Å². The molecule has 0 aliphatic heterocycles. The van der Waals surface area contributed by atoms with Crippen LogP contribution in [0.15, 0.2) is 35.7 Å². The maximum absolute atomic E-state index is 11.7. The normalized spacial score (nSPS) is 10.9. The highest BCUT2D eigenvalue weighted by molar-refractivity contribution is 7.13. The molecule has 0 spiro atoms. The van der Waals surface area contributed by atoms with Crippen molar-refractivity contribution in [1.29, 1.82) is 0 Å². The van der Waals surface area contributed by atoms with Gasteiger partial charge >= 0.3 is 5.97 Å². The van der Waals surface area contributed by atoms with Crippen LogP contribution in [0.25, 0.3) is 16.3 Å². The van der Waals surface area contributed by atoms with E-state index in [2.05, 4.69) is 5.10 Å². The van der Waals surface area contributed by atoms with Crippen LogP contribution < -0.4 is 0 Å². The number of aromatic nitrogens is 2. The van der Waals surface area contributed by atoms with Crippen LogP contribution in [0.2, 0.25) is 0 Å². The van der Waals surface area contributed by atoms with E-state index in [-0.39, 0.29) is 5.56 Å². The molecular formula is C17H16N2O2S. The fourth-order valence-electron chi connectivity index (χ4n) is 2.56. The van der Waals surface area contributed by atoms with E-state index in [1.165, 1.54) is 11.3 Å². The molecule has 2 heterocycles. The van der Waals surface area contributed by atoms with Gasteiger partial charge in [0, 0.05) is 0 Å². The van der Waals surface area contributed by atoms with Gasteiger partial charge in [0.2, 0.25) is 0 Å². The van der Waals surface area contributed by atoms with Gasteiger partial charge in [-0.1, -0.05) is 18.2 Å². The van der Waals surface area contributed by atoms with E-state index in [0.29, 0.717) is 11.4 Å². The first-order chi connectivity index (χ1) is 10.5. The van der Waals surface area contributed by atoms with Crippen molar-refractivity contribution in [2.75, 3.05) is 0 Å². The van der Waals surface area contributed by atoms with Gasteiger partial charge in [-0.05, 0) is 49.4 Å². The number of rotatable bonds is 3. The Morgan fingerprint density at radius 2 is 1.95 bits per heavy atom. The molecule has 0 aliphatic carbocycles. The molecule has 2 aromatic heterocycles. The molecule has 0 bridgehead atoms. The summed E-state index contributed by atoms with van der Waals surface area (Å²) in [4.78, 5) is 12.6. The van der Waals surface area contributed by atoms with Gasteiger partial charge in [-0.15, -0.1) is 11.3 Å². The summed E-state index contributed by atoms with van der Waals surface area (Å²) in [5.41, 5.74) is 4.60. The van der Waals surface area contributed by atoms with E-state index in [9.17, 15) is 9.90 Å². The van der Waals surface area contributed by atoms with E-state index in [4.69, 9.17) is 0 Å². The lowest BCUT2D eigenvalue weighted by molar-refractivity contribution is 0.0697. The molecule has 0 atom stereocenters. The minimum atomic E-state index is -0.947. The number of benzene rings is 1. The summed E-state index contributed by atoms with van der Waals surface area (Å²) in [5, 5.41) is 16.0. The summed E-state index contributed by atoms with van der Waals surface area (Å²) in [6.07, 6.45) is 0. The molecule has 0 radical (unpaired) electrons. The molecule has 0 fully saturated rings. The van der Waals surface area contributed by atoms with Gasteiger partial charge < -0.3 is 5.11 Å². The zero-order valence-corrected chi connectivity index (χ0v) is 13.4. The lowest BCUT2D eigenvalue weighted by Crippen LogP contribution is -2.04. The molecule has 0 aliphatic rings. The van der Waals surface area contributed by atoms with Crippen molar-refractivity contribution in [2.24, 2.45) is 0 Å². The largest absolute Gasteiger partial charge is 0.478 e. The number of hydrogen-bond acceptors (Lipinski definition) is 3. The Labute approximate surface area is 132 Å². The highest BCUT2D eigenvalue weighted by atomic mass is 32.1. The van der Waals surface area contributed by atoms with Crippen LogP contribution in [-0.2, 0) is 0 Å². The van der Waals surface area contributed by atoms with E-state index in [1.807, 2.05) is 49.6 Å². The van der Waals surface area contributed by atoms with Crippen LogP contribution in [0.1, 0.15) is 27.2 Å². The third-order valence-electron chi connectivity index (χ3n) is 3.83. The molecule has 0 saturated heterocycles. The van der Waals surface area contributed by atoms with Crippen molar-refractivity contribution >= 4 is 17.3 Å². The number of aromatic carboxylic acids is 1. The Bertz CT molecular complexity index is 848. The van der Waals surface area contributed by atoms with Crippen molar-refractivity contribution in [2.45, 2.75) is 20.8 Å². The quantitative estimate of drug-likeness (QED) is 0.787. The number of hydrogen-bond donors (Lipinski definition) is 1. The Morgan fingerprint density at radius 1 is 1.18 bits per heavy atom. The predicted octanol–water partition coefficient (Wildman–Crippen LogP) is 4.22. The number of carboxylic acids is 1. The summed E-state index contributed by atoms with van der Waals surface area (Å²) >= 11 is 1.52. The number of thiophene rings is 1. The molecular weight excluding hydrogens is 296 g/mol. The van der Waals surface area contributed by atoms with E-state index in [1.54, 1.807) is 11.6 Å². The molecule has 5 heteroatoms. The second-order valence-electron chi connectivity index (χ2n) is 5.22. The van der Waals surface area contributed by atoms with Gasteiger partial charge in [-0.2, -0.15) is 5.10 Å². The predicted molar refractivity (Wildman–Crippen MR) is 88.0 cm³/mol. The zero-order valence-electron chi connectivity index (χ0n) is 12.6. The van der Waals surface area contributed by atoms with E-state index in [0.717, 1.165) is 21.7 Å². The summed E-state index contributed by atoms with van der Waals surface area (Å²) in [6, 6.07) is 9.82. The van der Waals surface area contributed by atoms with Gasteiger partial charge in [0.15, 0.2) is 0 Å². The Balaban J connectivity index is 2.36. The summed E-state index contributed by atoms with van der Waals surface area (Å²) in [5.74, 6) is -0.947. The van der Waals surface area contributed by atoms with Gasteiger partial charge in [0.05, 0.1) is 22.0 Å². The van der Waals surface area contributed by atoms with Crippen LogP contribution in [0, 0.1) is 20.8 Å². The highest BCUT2D eigenvalue weighted by Gasteiger charge is 2.24. The number of carbonyl (C=O) groups is 1. The first kappa shape index (κ1) is 14.5. The first-order valence-corrected chi connectivity index (χ1v) is 7.82. The second-order valence-corrected chi connectivity index (χ2v) is 6.17. The lowest BCUT2D eigenvalue weighted by Gasteiger charge is -2.11. The minimum absolute atomic E-state index is 0.267. The number of nitrogens with zero attached hydrogens (tertiary/aromatic N) is 2. The van der Waals surface area contributed by atoms with Crippen LogP contribution in [0.4, 0.5) is 0 Å². The number of carboxylic acid groups (broad SMARTS) is 1. The zero-order chi connectivity index (χ0) is 15.9. The van der Waals surface area contributed by atoms with E-state index >= 15 is 0 Å². The molecule has 1 N–H and O–H groups in total. The van der Waals surface area contributed by atoms with Crippen LogP contribution in [-0.4, -0.2) is 20.9 Å². The smallest absolute Gasteiger partial charge is 0.339 e. The molecule has 3 rings (SSSR count). The van der Waals surface area contributed by atoms with E-state index < -0.39 is 5.97 Å². The lowest BCUT2D eigenvalue weighted by atomic mass is 10.1. The summed E-state index contributed by atoms with van der Waals surface area (Å²) in [6.45, 7) is 5.81. The van der Waals surface area contributed by atoms with Crippen LogP contribution >= 0.6 is 11.3 Å². The molecule has 0 saturated carbocycles. The minimum Gasteiger partial charge on any atom is -0.478 e. The fraction of sp³-hybridized carbons (Fsp3) is 0.176. The SMILES string of the molecule is Cc1cccc(-n2nc(C)c(C(=O)O)c2-c2cccs2)c1C. The standard InChI is InChI=1S/C17H16N2O2S/c1-10-6-4-7-13(11(10)2)19-16(14-8-5-9-22-14)15(17(20)21)12(3)18-19/h4-9H,1-3H3,(H,20,21). The highest BCUT2D eigenvalue weighted by Crippen LogP contribution is 2.33. The molecule has 4 nitrogen and oxygen atoms in total. The summed E-state index contributed by atoms with van der Waals surface area (Å²) < 4.78 is 1.76. The van der Waals surface area contributed by atoms with Crippen molar-refractivity contribution in [3.8, 4) is 16.3 Å². The second kappa shape index (κ2) is 5.42. The number of aryl methyl sites for hydroxylation is 2. The van der Waals surface area contributed by atoms with Gasteiger partial charge in [-0.3, -0.25) is 0 Å². The van der Waals surface area contributed by atoms with Crippen LogP contribution in [0.5, 0.6) is 0 Å². The monoisotopic (exact) mass is 312 g/mol. The average Bonchev–Trinajstić information content (AvgIpc) is 3.08. The maximum atomic E-state index is 11.7. The van der Waals surface area contributed by atoms with Gasteiger partial charge in [0.25, 0.3) is 0 Å². The van der Waals surface area contributed by atoms with Crippen molar-refractivity contribution < 1.29 is 9.90 Å². The average molecular weight is 312 g/mol.